The molecule has 17 nitrogen and oxygen atoms in total. The predicted octanol–water partition coefficient (Wildman–Crippen LogP) is 25.3. The highest BCUT2D eigenvalue weighted by molar-refractivity contribution is 7.47. The quantitative estimate of drug-likeness (QED) is 0.0169. The fourth-order valence-electron chi connectivity index (χ4n) is 9.76. The Morgan fingerprint density at radius 2 is 0.482 bits per heavy atom. The molecule has 0 aliphatic rings. The number of rotatable bonds is 75. The van der Waals surface area contributed by atoms with Crippen molar-refractivity contribution in [3.05, 3.63) is 255 Å². The number of carbonyl (C=O) groups is 4. The van der Waals surface area contributed by atoms with Gasteiger partial charge in [0.05, 0.1) is 26.4 Å². The maximum Gasteiger partial charge on any atom is 0.472 e. The number of hydrogen-bond donors (Lipinski definition) is 3. The molecule has 19 heteroatoms. The van der Waals surface area contributed by atoms with Crippen molar-refractivity contribution in [3.63, 3.8) is 0 Å². The third-order valence-electron chi connectivity index (χ3n) is 16.0. The number of aliphatic hydroxyl groups is 1. The molecular weight excluding hydrogens is 1470 g/mol. The van der Waals surface area contributed by atoms with Gasteiger partial charge in [-0.25, -0.2) is 9.13 Å². The second kappa shape index (κ2) is 83.5. The molecule has 5 atom stereocenters. The number of aliphatic hydroxyl groups excluding tert-OH is 1. The minimum absolute atomic E-state index is 0.0107. The number of phosphoric ester groups is 2. The van der Waals surface area contributed by atoms with Crippen molar-refractivity contribution in [1.82, 2.24) is 0 Å². The van der Waals surface area contributed by atoms with Gasteiger partial charge in [-0.1, -0.05) is 302 Å². The van der Waals surface area contributed by atoms with Crippen LogP contribution in [0.4, 0.5) is 0 Å². The van der Waals surface area contributed by atoms with E-state index in [9.17, 15) is 43.2 Å². The number of esters is 4. The Kier molecular flexibility index (Phi) is 78.1. The lowest BCUT2D eigenvalue weighted by atomic mass is 10.1. The average molecular weight is 1620 g/mol. The zero-order chi connectivity index (χ0) is 83.1. The van der Waals surface area contributed by atoms with E-state index in [1.165, 1.54) is 19.3 Å². The summed E-state index contributed by atoms with van der Waals surface area (Å²) in [5, 5.41) is 10.7. The van der Waals surface area contributed by atoms with Gasteiger partial charge in [0, 0.05) is 25.7 Å². The largest absolute Gasteiger partial charge is 0.472 e. The molecule has 0 aromatic rings. The van der Waals surface area contributed by atoms with Crippen molar-refractivity contribution in [2.75, 3.05) is 39.6 Å². The van der Waals surface area contributed by atoms with Gasteiger partial charge in [0.1, 0.15) is 19.3 Å². The maximum absolute atomic E-state index is 13.1. The van der Waals surface area contributed by atoms with Gasteiger partial charge in [-0.3, -0.25) is 37.3 Å². The van der Waals surface area contributed by atoms with Crippen LogP contribution < -0.4 is 0 Å². The van der Waals surface area contributed by atoms with E-state index in [4.69, 9.17) is 37.0 Å². The standard InChI is InChI=1S/C95H144O17P2/c1-5-9-13-17-21-25-29-33-37-41-44-48-51-55-59-63-67-71-75-79-92(97)105-85-90(111-94(99)81-77-73-69-65-61-57-53-47-40-36-32-28-24-20-16-12-8-4)87-109-113(101,102)107-83-89(96)84-108-114(103,104)110-88-91(112-95(100)82-78-74-70-66-62-58-54-50-46-43-39-35-31-27-23-19-15-11-7-3)86-106-93(98)80-76-72-68-64-60-56-52-49-45-42-38-34-30-26-22-18-14-10-6-2/h9-11,13-15,21-28,33-40,44-46,48-50,53,55-60,62,65,67-69,71-72,89-91,96H,5-8,12,16-20,29-32,41-43,47,51-52,54,61,63-64,66,70,73-88H2,1-4H3,(H,101,102)(H,103,104)/b13-9-,14-10-,15-11-,25-21-,26-22-,27-23-,28-24-,37-33-,38-34-,39-35-,40-36-,48-44-,49-45-,50-46-,57-53-,59-55-,60-56-,62-58-,69-65-,71-67-,72-68-/t89-,90+,91+/m0/s1. The van der Waals surface area contributed by atoms with Gasteiger partial charge in [0.2, 0.25) is 0 Å². The summed E-state index contributed by atoms with van der Waals surface area (Å²) in [6.45, 7) is 4.18. The van der Waals surface area contributed by atoms with Crippen LogP contribution in [0.5, 0.6) is 0 Å². The molecular formula is C95H144O17P2. The first-order valence-electron chi connectivity index (χ1n) is 41.9. The molecule has 0 aromatic carbocycles. The molecule has 2 unspecified atom stereocenters. The summed E-state index contributed by atoms with van der Waals surface area (Å²) in [5.41, 5.74) is 0. The third-order valence-corrected chi connectivity index (χ3v) is 17.9. The SMILES string of the molecule is CC/C=C\C/C=C\C/C=C\C/C=C\C/C=C\C/C=C\CCC(=O)OC[C@H](COP(=O)(O)OC[C@H](O)COP(=O)(O)OC[C@@H](COC(=O)CC/C=C\C/C=C\C/C=C\C/C=C\C/C=C\C/C=C\CC)OC(=O)CCCCC/C=C\C/C=C\C/C=C\C/C=C\C/C=C\CC)OC(=O)CCC/C=C\C/C=C\C/C=C\C/C=C\CCCCC. The molecule has 0 amide bonds. The topological polar surface area (TPSA) is 237 Å². The monoisotopic (exact) mass is 1620 g/mol. The minimum Gasteiger partial charge on any atom is -0.462 e. The van der Waals surface area contributed by atoms with Gasteiger partial charge >= 0.3 is 39.5 Å². The summed E-state index contributed by atoms with van der Waals surface area (Å²) in [6.07, 6.45) is 111. The van der Waals surface area contributed by atoms with E-state index in [1.54, 1.807) is 0 Å². The molecule has 0 radical (unpaired) electrons. The fraction of sp³-hybridized carbons (Fsp3) is 0.516. The Labute approximate surface area is 688 Å². The highest BCUT2D eigenvalue weighted by Crippen LogP contribution is 2.45. The molecule has 636 valence electrons. The number of hydrogen-bond acceptors (Lipinski definition) is 15. The van der Waals surface area contributed by atoms with E-state index in [2.05, 4.69) is 234 Å². The molecule has 0 spiro atoms. The van der Waals surface area contributed by atoms with Crippen LogP contribution in [-0.4, -0.2) is 96.7 Å². The predicted molar refractivity (Wildman–Crippen MR) is 472 cm³/mol. The second-order valence-electron chi connectivity index (χ2n) is 26.6. The van der Waals surface area contributed by atoms with Crippen LogP contribution in [0.3, 0.4) is 0 Å². The van der Waals surface area contributed by atoms with E-state index in [1.807, 2.05) is 48.6 Å². The highest BCUT2D eigenvalue weighted by atomic mass is 31.2. The molecule has 3 N–H and O–H groups in total. The van der Waals surface area contributed by atoms with Crippen molar-refractivity contribution in [2.24, 2.45) is 0 Å². The third kappa shape index (κ3) is 82.6. The lowest BCUT2D eigenvalue weighted by Gasteiger charge is -2.21. The second-order valence-corrected chi connectivity index (χ2v) is 29.5. The molecule has 0 saturated carbocycles. The Morgan fingerprint density at radius 1 is 0.254 bits per heavy atom. The van der Waals surface area contributed by atoms with E-state index in [0.29, 0.717) is 44.9 Å². The first-order chi connectivity index (χ1) is 55.7. The molecule has 0 aromatic heterocycles. The number of unbranched alkanes of at least 4 members (excludes halogenated alkanes) is 7. The van der Waals surface area contributed by atoms with Crippen LogP contribution >= 0.6 is 15.6 Å². The molecule has 114 heavy (non-hydrogen) atoms. The van der Waals surface area contributed by atoms with Gasteiger partial charge in [-0.15, -0.1) is 0 Å². The van der Waals surface area contributed by atoms with Crippen LogP contribution in [0.15, 0.2) is 255 Å². The number of ether oxygens (including phenoxy) is 4. The van der Waals surface area contributed by atoms with Gasteiger partial charge in [-0.2, -0.15) is 0 Å². The van der Waals surface area contributed by atoms with Gasteiger partial charge in [0.15, 0.2) is 12.2 Å². The summed E-state index contributed by atoms with van der Waals surface area (Å²) in [7, 11) is -10.1. The van der Waals surface area contributed by atoms with E-state index in [0.717, 1.165) is 141 Å². The normalized spacial score (nSPS) is 15.0. The smallest absolute Gasteiger partial charge is 0.462 e. The molecule has 0 aliphatic heterocycles. The van der Waals surface area contributed by atoms with Crippen LogP contribution in [0, 0.1) is 0 Å². The van der Waals surface area contributed by atoms with E-state index < -0.39 is 97.5 Å². The Morgan fingerprint density at radius 3 is 0.754 bits per heavy atom. The Bertz CT molecular complexity index is 3170. The number of allylic oxidation sites excluding steroid dienone is 42. The zero-order valence-corrected chi connectivity index (χ0v) is 71.4. The van der Waals surface area contributed by atoms with Gasteiger partial charge < -0.3 is 33.8 Å². The van der Waals surface area contributed by atoms with Crippen molar-refractivity contribution in [3.8, 4) is 0 Å². The highest BCUT2D eigenvalue weighted by Gasteiger charge is 2.30. The van der Waals surface area contributed by atoms with Crippen LogP contribution in [-0.2, 0) is 65.4 Å². The lowest BCUT2D eigenvalue weighted by molar-refractivity contribution is -0.161. The lowest BCUT2D eigenvalue weighted by Crippen LogP contribution is -2.30. The fourth-order valence-corrected chi connectivity index (χ4v) is 11.3. The van der Waals surface area contributed by atoms with Crippen molar-refractivity contribution >= 4 is 39.5 Å². The molecule has 0 aliphatic carbocycles. The first-order valence-corrected chi connectivity index (χ1v) is 44.9. The van der Waals surface area contributed by atoms with Gasteiger partial charge in [-0.05, 0) is 186 Å². The summed E-state index contributed by atoms with van der Waals surface area (Å²) < 4.78 is 68.5. The van der Waals surface area contributed by atoms with Crippen molar-refractivity contribution in [1.29, 1.82) is 0 Å². The average Bonchev–Trinajstić information content (AvgIpc) is 0.899. The molecule has 0 saturated heterocycles. The van der Waals surface area contributed by atoms with Crippen LogP contribution in [0.2, 0.25) is 0 Å². The van der Waals surface area contributed by atoms with Crippen molar-refractivity contribution in [2.45, 2.75) is 277 Å². The number of carbonyl (C=O) groups excluding carboxylic acids is 4. The summed E-state index contributed by atoms with van der Waals surface area (Å²) in [6, 6.07) is 0. The first kappa shape index (κ1) is 107. The summed E-state index contributed by atoms with van der Waals surface area (Å²) >= 11 is 0. The van der Waals surface area contributed by atoms with Crippen LogP contribution in [0.1, 0.15) is 259 Å². The maximum atomic E-state index is 13.1. The molecule has 0 fully saturated rings. The van der Waals surface area contributed by atoms with E-state index >= 15 is 0 Å². The molecule has 0 rings (SSSR count). The number of phosphoric acid groups is 2. The van der Waals surface area contributed by atoms with Crippen LogP contribution in [0.25, 0.3) is 0 Å². The van der Waals surface area contributed by atoms with E-state index in [-0.39, 0.29) is 25.7 Å². The van der Waals surface area contributed by atoms with Crippen molar-refractivity contribution < 1.29 is 80.2 Å². The minimum atomic E-state index is -5.04. The Balaban J connectivity index is 5.65. The van der Waals surface area contributed by atoms with Gasteiger partial charge in [0.25, 0.3) is 0 Å². The molecule has 0 heterocycles. The zero-order valence-electron chi connectivity index (χ0n) is 69.6. The summed E-state index contributed by atoms with van der Waals surface area (Å²) in [5.74, 6) is -2.51. The molecule has 0 bridgehead atoms. The Hall–Kier alpha value is -7.40. The summed E-state index contributed by atoms with van der Waals surface area (Å²) in [4.78, 5) is 73.2.